The monoisotopic (exact) mass is 368 g/mol. The fourth-order valence-electron chi connectivity index (χ4n) is 2.33. The lowest BCUT2D eigenvalue weighted by Crippen LogP contribution is -2.11. The molecular weight excluding hydrogens is 351 g/mol. The highest BCUT2D eigenvalue weighted by molar-refractivity contribution is 6.02. The first-order valence-electron chi connectivity index (χ1n) is 8.16. The number of anilines is 2. The Balaban J connectivity index is 1.59. The predicted molar refractivity (Wildman–Crippen MR) is 98.1 cm³/mol. The van der Waals surface area contributed by atoms with E-state index in [2.05, 4.69) is 10.6 Å². The third-order valence-corrected chi connectivity index (χ3v) is 3.52. The van der Waals surface area contributed by atoms with Crippen molar-refractivity contribution in [3.8, 4) is 5.75 Å². The van der Waals surface area contributed by atoms with E-state index in [1.54, 1.807) is 30.3 Å². The maximum absolute atomic E-state index is 12.9. The molecule has 0 saturated carbocycles. The van der Waals surface area contributed by atoms with Crippen LogP contribution >= 0.6 is 0 Å². The zero-order valence-corrected chi connectivity index (χ0v) is 14.5. The highest BCUT2D eigenvalue weighted by Crippen LogP contribution is 2.18. The maximum atomic E-state index is 12.9. The van der Waals surface area contributed by atoms with Crippen LogP contribution in [0.25, 0.3) is 0 Å². The summed E-state index contributed by atoms with van der Waals surface area (Å²) >= 11 is 0. The van der Waals surface area contributed by atoms with Crippen LogP contribution in [0.5, 0.6) is 5.75 Å². The molecule has 0 fully saturated rings. The van der Waals surface area contributed by atoms with Crippen LogP contribution in [0.15, 0.2) is 65.1 Å². The highest BCUT2D eigenvalue weighted by atomic mass is 19.1. The number of carbonyl (C=O) groups excluding carboxylic acids is 2. The van der Waals surface area contributed by atoms with E-state index in [4.69, 9.17) is 9.15 Å². The highest BCUT2D eigenvalue weighted by Gasteiger charge is 2.12. The average molecular weight is 368 g/mol. The fourth-order valence-corrected chi connectivity index (χ4v) is 2.33. The Labute approximate surface area is 155 Å². The van der Waals surface area contributed by atoms with Gasteiger partial charge in [0.1, 0.15) is 23.9 Å². The van der Waals surface area contributed by atoms with Crippen LogP contribution in [0.2, 0.25) is 0 Å². The van der Waals surface area contributed by atoms with E-state index in [-0.39, 0.29) is 24.1 Å². The normalized spacial score (nSPS) is 10.3. The lowest BCUT2D eigenvalue weighted by Gasteiger charge is -2.07. The van der Waals surface area contributed by atoms with Crippen molar-refractivity contribution in [2.75, 3.05) is 10.6 Å². The first-order valence-corrected chi connectivity index (χ1v) is 8.16. The number of furan rings is 1. The van der Waals surface area contributed by atoms with Gasteiger partial charge in [0, 0.05) is 18.3 Å². The Kier molecular flexibility index (Phi) is 5.51. The van der Waals surface area contributed by atoms with Crippen LogP contribution in [0, 0.1) is 5.82 Å². The molecule has 27 heavy (non-hydrogen) atoms. The van der Waals surface area contributed by atoms with Gasteiger partial charge in [0.25, 0.3) is 5.91 Å². The van der Waals surface area contributed by atoms with Crippen molar-refractivity contribution in [2.24, 2.45) is 0 Å². The molecule has 0 aliphatic rings. The van der Waals surface area contributed by atoms with Gasteiger partial charge in [-0.15, -0.1) is 0 Å². The van der Waals surface area contributed by atoms with Crippen LogP contribution in [-0.2, 0) is 11.4 Å². The third kappa shape index (κ3) is 5.18. The number of amides is 2. The smallest absolute Gasteiger partial charge is 0.291 e. The van der Waals surface area contributed by atoms with Gasteiger partial charge >= 0.3 is 0 Å². The molecule has 0 atom stereocenters. The lowest BCUT2D eigenvalue weighted by atomic mass is 10.2. The average Bonchev–Trinajstić information content (AvgIpc) is 3.10. The van der Waals surface area contributed by atoms with Crippen molar-refractivity contribution in [3.05, 3.63) is 78.0 Å². The van der Waals surface area contributed by atoms with Gasteiger partial charge in [-0.1, -0.05) is 6.07 Å². The number of carbonyl (C=O) groups is 2. The van der Waals surface area contributed by atoms with Crippen LogP contribution in [0.3, 0.4) is 0 Å². The van der Waals surface area contributed by atoms with Crippen molar-refractivity contribution < 1.29 is 23.1 Å². The van der Waals surface area contributed by atoms with E-state index in [0.29, 0.717) is 22.9 Å². The van der Waals surface area contributed by atoms with Crippen molar-refractivity contribution in [1.82, 2.24) is 0 Å². The number of halogens is 1. The quantitative estimate of drug-likeness (QED) is 0.683. The molecule has 0 radical (unpaired) electrons. The summed E-state index contributed by atoms with van der Waals surface area (Å²) in [5, 5.41) is 5.34. The molecule has 138 valence electrons. The standard InChI is InChI=1S/C20H17FN2O4/c1-13(24)22-15-3-2-4-16(11-15)23-20(25)19-10-9-18(27-19)12-26-17-7-5-14(21)6-8-17/h2-11H,12H2,1H3,(H,22,24)(H,23,25). The molecule has 0 bridgehead atoms. The molecule has 1 aromatic heterocycles. The van der Waals surface area contributed by atoms with Crippen LogP contribution in [-0.4, -0.2) is 11.8 Å². The summed E-state index contributed by atoms with van der Waals surface area (Å²) in [5.41, 5.74) is 1.10. The van der Waals surface area contributed by atoms with E-state index in [9.17, 15) is 14.0 Å². The minimum Gasteiger partial charge on any atom is -0.486 e. The van der Waals surface area contributed by atoms with E-state index in [1.807, 2.05) is 0 Å². The van der Waals surface area contributed by atoms with Crippen LogP contribution in [0.4, 0.5) is 15.8 Å². The number of benzene rings is 2. The molecular formula is C20H17FN2O4. The summed E-state index contributed by atoms with van der Waals surface area (Å²) in [7, 11) is 0. The van der Waals surface area contributed by atoms with Crippen molar-refractivity contribution in [3.63, 3.8) is 0 Å². The number of nitrogens with one attached hydrogen (secondary N) is 2. The molecule has 2 amide bonds. The fraction of sp³-hybridized carbons (Fsp3) is 0.100. The van der Waals surface area contributed by atoms with Gasteiger partial charge in [-0.2, -0.15) is 0 Å². The molecule has 0 spiro atoms. The number of ether oxygens (including phenoxy) is 1. The number of hydrogen-bond donors (Lipinski definition) is 2. The van der Waals surface area contributed by atoms with Gasteiger partial charge in [0.05, 0.1) is 0 Å². The Morgan fingerprint density at radius 2 is 1.70 bits per heavy atom. The van der Waals surface area contributed by atoms with Crippen LogP contribution < -0.4 is 15.4 Å². The second-order valence-corrected chi connectivity index (χ2v) is 5.72. The summed E-state index contributed by atoms with van der Waals surface area (Å²) in [5.74, 6) is 0.0999. The SMILES string of the molecule is CC(=O)Nc1cccc(NC(=O)c2ccc(COc3ccc(F)cc3)o2)c1. The summed E-state index contributed by atoms with van der Waals surface area (Å²) in [4.78, 5) is 23.4. The Morgan fingerprint density at radius 3 is 2.41 bits per heavy atom. The van der Waals surface area contributed by atoms with E-state index in [0.717, 1.165) is 0 Å². The van der Waals surface area contributed by atoms with Crippen molar-refractivity contribution >= 4 is 23.2 Å². The minimum atomic E-state index is -0.428. The summed E-state index contributed by atoms with van der Waals surface area (Å²) in [6, 6.07) is 15.5. The zero-order chi connectivity index (χ0) is 19.2. The molecule has 0 saturated heterocycles. The molecule has 2 N–H and O–H groups in total. The molecule has 6 nitrogen and oxygen atoms in total. The van der Waals surface area contributed by atoms with Crippen molar-refractivity contribution in [1.29, 1.82) is 0 Å². The Morgan fingerprint density at radius 1 is 1.00 bits per heavy atom. The summed E-state index contributed by atoms with van der Waals surface area (Å²) in [6.45, 7) is 1.51. The Bertz CT molecular complexity index is 951. The van der Waals surface area contributed by atoms with E-state index < -0.39 is 5.91 Å². The van der Waals surface area contributed by atoms with E-state index in [1.165, 1.54) is 37.3 Å². The summed E-state index contributed by atoms with van der Waals surface area (Å²) in [6.07, 6.45) is 0. The first-order chi connectivity index (χ1) is 13.0. The van der Waals surface area contributed by atoms with Gasteiger partial charge in [-0.05, 0) is 54.6 Å². The Hall–Kier alpha value is -3.61. The third-order valence-electron chi connectivity index (χ3n) is 3.52. The topological polar surface area (TPSA) is 80.6 Å². The van der Waals surface area contributed by atoms with E-state index >= 15 is 0 Å². The van der Waals surface area contributed by atoms with Gasteiger partial charge in [-0.25, -0.2) is 4.39 Å². The molecule has 0 aliphatic heterocycles. The van der Waals surface area contributed by atoms with Gasteiger partial charge in [0.15, 0.2) is 5.76 Å². The van der Waals surface area contributed by atoms with Gasteiger partial charge in [0.2, 0.25) is 5.91 Å². The maximum Gasteiger partial charge on any atom is 0.291 e. The molecule has 0 unspecified atom stereocenters. The van der Waals surface area contributed by atoms with Gasteiger partial charge in [-0.3, -0.25) is 9.59 Å². The molecule has 2 aromatic carbocycles. The second kappa shape index (κ2) is 8.18. The molecule has 3 rings (SSSR count). The molecule has 1 heterocycles. The second-order valence-electron chi connectivity index (χ2n) is 5.72. The number of hydrogen-bond acceptors (Lipinski definition) is 4. The zero-order valence-electron chi connectivity index (χ0n) is 14.5. The molecule has 0 aliphatic carbocycles. The molecule has 7 heteroatoms. The first kappa shape index (κ1) is 18.2. The van der Waals surface area contributed by atoms with Crippen molar-refractivity contribution in [2.45, 2.75) is 13.5 Å². The lowest BCUT2D eigenvalue weighted by molar-refractivity contribution is -0.114. The summed E-state index contributed by atoms with van der Waals surface area (Å²) < 4.78 is 23.8. The van der Waals surface area contributed by atoms with Gasteiger partial charge < -0.3 is 19.8 Å². The minimum absolute atomic E-state index is 0.108. The predicted octanol–water partition coefficient (Wildman–Crippen LogP) is 4.21. The van der Waals surface area contributed by atoms with Crippen LogP contribution in [0.1, 0.15) is 23.2 Å². The largest absolute Gasteiger partial charge is 0.486 e. The molecule has 3 aromatic rings. The number of rotatable bonds is 6.